The molecule has 1 aliphatic heterocycles. The predicted octanol–water partition coefficient (Wildman–Crippen LogP) is 3.71. The minimum absolute atomic E-state index is 0.0480. The average Bonchev–Trinajstić information content (AvgIpc) is 3.60. The van der Waals surface area contributed by atoms with Gasteiger partial charge in [0, 0.05) is 44.3 Å². The van der Waals surface area contributed by atoms with Gasteiger partial charge in [-0.3, -0.25) is 4.79 Å². The Morgan fingerprint density at radius 2 is 2.06 bits per heavy atom. The Balaban J connectivity index is 1.43. The van der Waals surface area contributed by atoms with Crippen molar-refractivity contribution in [1.29, 1.82) is 5.26 Å². The SMILES string of the molecule is CCOc1cc(CN2CCc3c(cc(Cn4ccnc4NC)cc3C3CC3)C2=O)cnc1C#N. The van der Waals surface area contributed by atoms with E-state index in [9.17, 15) is 10.1 Å². The maximum Gasteiger partial charge on any atom is 0.254 e. The van der Waals surface area contributed by atoms with Crippen LogP contribution in [0.4, 0.5) is 5.95 Å². The lowest BCUT2D eigenvalue weighted by atomic mass is 9.89. The Bertz CT molecular complexity index is 1270. The van der Waals surface area contributed by atoms with E-state index in [1.807, 2.05) is 31.1 Å². The molecule has 1 aromatic carbocycles. The van der Waals surface area contributed by atoms with Gasteiger partial charge in [-0.1, -0.05) is 6.07 Å². The molecule has 1 amide bonds. The number of aromatic nitrogens is 3. The minimum atomic E-state index is 0.0480. The fraction of sp³-hybridized carbons (Fsp3) is 0.385. The van der Waals surface area contributed by atoms with Crippen molar-refractivity contribution in [3.05, 3.63) is 70.3 Å². The van der Waals surface area contributed by atoms with E-state index in [0.29, 0.717) is 37.9 Å². The zero-order valence-corrected chi connectivity index (χ0v) is 19.5. The van der Waals surface area contributed by atoms with Crippen LogP contribution in [-0.2, 0) is 19.5 Å². The molecule has 174 valence electrons. The van der Waals surface area contributed by atoms with Gasteiger partial charge in [0.15, 0.2) is 11.4 Å². The number of carbonyl (C=O) groups is 1. The van der Waals surface area contributed by atoms with E-state index in [4.69, 9.17) is 4.74 Å². The van der Waals surface area contributed by atoms with Crippen LogP contribution in [0.5, 0.6) is 5.75 Å². The Morgan fingerprint density at radius 3 is 2.79 bits per heavy atom. The lowest BCUT2D eigenvalue weighted by Crippen LogP contribution is -2.37. The van der Waals surface area contributed by atoms with Crippen LogP contribution in [0.1, 0.15) is 64.0 Å². The van der Waals surface area contributed by atoms with E-state index < -0.39 is 0 Å². The Labute approximate surface area is 199 Å². The highest BCUT2D eigenvalue weighted by Crippen LogP contribution is 2.44. The van der Waals surface area contributed by atoms with Crippen molar-refractivity contribution in [2.45, 2.75) is 45.2 Å². The number of fused-ring (bicyclic) bond motifs is 1. The Hall–Kier alpha value is -3.86. The molecule has 1 saturated carbocycles. The maximum absolute atomic E-state index is 13.6. The zero-order chi connectivity index (χ0) is 23.7. The van der Waals surface area contributed by atoms with Crippen LogP contribution < -0.4 is 10.1 Å². The molecule has 34 heavy (non-hydrogen) atoms. The van der Waals surface area contributed by atoms with Gasteiger partial charge in [-0.2, -0.15) is 5.26 Å². The fourth-order valence-corrected chi connectivity index (χ4v) is 4.75. The van der Waals surface area contributed by atoms with Crippen LogP contribution in [0.15, 0.2) is 36.8 Å². The van der Waals surface area contributed by atoms with Crippen molar-refractivity contribution in [3.8, 4) is 11.8 Å². The van der Waals surface area contributed by atoms with E-state index in [0.717, 1.165) is 29.1 Å². The van der Waals surface area contributed by atoms with E-state index in [1.165, 1.54) is 24.0 Å². The highest BCUT2D eigenvalue weighted by atomic mass is 16.5. The summed E-state index contributed by atoms with van der Waals surface area (Å²) < 4.78 is 7.63. The molecule has 5 rings (SSSR count). The average molecular weight is 457 g/mol. The number of nitrogens with one attached hydrogen (secondary N) is 1. The topological polar surface area (TPSA) is 96.1 Å². The lowest BCUT2D eigenvalue weighted by Gasteiger charge is -2.31. The first-order valence-corrected chi connectivity index (χ1v) is 11.8. The summed E-state index contributed by atoms with van der Waals surface area (Å²) in [5.74, 6) is 1.88. The summed E-state index contributed by atoms with van der Waals surface area (Å²) in [5.41, 5.74) is 5.59. The quantitative estimate of drug-likeness (QED) is 0.555. The number of amides is 1. The van der Waals surface area contributed by atoms with Gasteiger partial charge in [0.1, 0.15) is 6.07 Å². The molecule has 3 heterocycles. The first-order chi connectivity index (χ1) is 16.6. The molecule has 0 bridgehead atoms. The number of hydrogen-bond donors (Lipinski definition) is 1. The highest BCUT2D eigenvalue weighted by Gasteiger charge is 2.33. The summed E-state index contributed by atoms with van der Waals surface area (Å²) >= 11 is 0. The molecular formula is C26H28N6O2. The number of benzene rings is 1. The van der Waals surface area contributed by atoms with Gasteiger partial charge in [-0.05, 0) is 66.5 Å². The lowest BCUT2D eigenvalue weighted by molar-refractivity contribution is 0.0726. The molecule has 1 fully saturated rings. The van der Waals surface area contributed by atoms with E-state index in [2.05, 4.69) is 38.1 Å². The maximum atomic E-state index is 13.6. The summed E-state index contributed by atoms with van der Waals surface area (Å²) in [6.07, 6.45) is 8.62. The largest absolute Gasteiger partial charge is 0.491 e. The molecule has 0 saturated heterocycles. The van der Waals surface area contributed by atoms with Crippen LogP contribution in [0.25, 0.3) is 0 Å². The number of hydrogen-bond acceptors (Lipinski definition) is 6. The molecular weight excluding hydrogens is 428 g/mol. The van der Waals surface area contributed by atoms with Gasteiger partial charge in [-0.15, -0.1) is 0 Å². The summed E-state index contributed by atoms with van der Waals surface area (Å²) in [4.78, 5) is 24.1. The predicted molar refractivity (Wildman–Crippen MR) is 128 cm³/mol. The second-order valence-corrected chi connectivity index (χ2v) is 8.83. The molecule has 3 aromatic rings. The van der Waals surface area contributed by atoms with E-state index in [-0.39, 0.29) is 11.6 Å². The molecule has 2 aromatic heterocycles. The highest BCUT2D eigenvalue weighted by molar-refractivity contribution is 5.97. The van der Waals surface area contributed by atoms with Crippen molar-refractivity contribution in [2.75, 3.05) is 25.5 Å². The van der Waals surface area contributed by atoms with Gasteiger partial charge < -0.3 is 19.5 Å². The first kappa shape index (κ1) is 22.0. The van der Waals surface area contributed by atoms with Gasteiger partial charge >= 0.3 is 0 Å². The summed E-state index contributed by atoms with van der Waals surface area (Å²) in [6, 6.07) is 8.22. The summed E-state index contributed by atoms with van der Waals surface area (Å²) in [5, 5.41) is 12.4. The van der Waals surface area contributed by atoms with Crippen LogP contribution >= 0.6 is 0 Å². The third kappa shape index (κ3) is 4.21. The molecule has 1 N–H and O–H groups in total. The Morgan fingerprint density at radius 1 is 1.21 bits per heavy atom. The molecule has 0 spiro atoms. The molecule has 8 nitrogen and oxygen atoms in total. The number of carbonyl (C=O) groups excluding carboxylic acids is 1. The van der Waals surface area contributed by atoms with Crippen LogP contribution in [0.2, 0.25) is 0 Å². The second kappa shape index (κ2) is 9.18. The standard InChI is InChI=1S/C26H28N6O2/c1-3-34-24-12-18(14-30-23(24)13-27)16-31-8-6-20-21(19-4-5-19)10-17(11-22(20)25(31)33)15-32-9-7-29-26(32)28-2/h7,9-12,14,19H,3-6,8,15-16H2,1-2H3,(H,28,29). The van der Waals surface area contributed by atoms with E-state index >= 15 is 0 Å². The third-order valence-electron chi connectivity index (χ3n) is 6.49. The van der Waals surface area contributed by atoms with Crippen molar-refractivity contribution in [2.24, 2.45) is 0 Å². The second-order valence-electron chi connectivity index (χ2n) is 8.83. The van der Waals surface area contributed by atoms with Crippen LogP contribution in [0, 0.1) is 11.3 Å². The van der Waals surface area contributed by atoms with Crippen molar-refractivity contribution in [1.82, 2.24) is 19.4 Å². The smallest absolute Gasteiger partial charge is 0.254 e. The number of rotatable bonds is 8. The summed E-state index contributed by atoms with van der Waals surface area (Å²) in [6.45, 7) is 4.09. The van der Waals surface area contributed by atoms with Gasteiger partial charge in [0.2, 0.25) is 5.95 Å². The van der Waals surface area contributed by atoms with Crippen molar-refractivity contribution in [3.63, 3.8) is 0 Å². The van der Waals surface area contributed by atoms with Crippen LogP contribution in [0.3, 0.4) is 0 Å². The number of pyridine rings is 1. The molecule has 0 unspecified atom stereocenters. The number of ether oxygens (including phenoxy) is 1. The molecule has 2 aliphatic rings. The zero-order valence-electron chi connectivity index (χ0n) is 19.5. The van der Waals surface area contributed by atoms with Crippen LogP contribution in [-0.4, -0.2) is 45.5 Å². The van der Waals surface area contributed by atoms with Crippen molar-refractivity contribution >= 4 is 11.9 Å². The third-order valence-corrected chi connectivity index (χ3v) is 6.49. The normalized spacial score (nSPS) is 15.1. The van der Waals surface area contributed by atoms with Gasteiger partial charge in [0.25, 0.3) is 5.91 Å². The van der Waals surface area contributed by atoms with Gasteiger partial charge in [0.05, 0.1) is 13.2 Å². The molecule has 8 heteroatoms. The number of nitriles is 1. The Kier molecular flexibility index (Phi) is 5.93. The fourth-order valence-electron chi connectivity index (χ4n) is 4.75. The minimum Gasteiger partial charge on any atom is -0.491 e. The number of nitrogens with zero attached hydrogens (tertiary/aromatic N) is 5. The number of anilines is 1. The number of imidazole rings is 1. The molecule has 0 radical (unpaired) electrons. The van der Waals surface area contributed by atoms with Crippen molar-refractivity contribution < 1.29 is 9.53 Å². The van der Waals surface area contributed by atoms with E-state index in [1.54, 1.807) is 12.4 Å². The summed E-state index contributed by atoms with van der Waals surface area (Å²) in [7, 11) is 1.86. The first-order valence-electron chi connectivity index (χ1n) is 11.8. The van der Waals surface area contributed by atoms with Gasteiger partial charge in [-0.25, -0.2) is 9.97 Å². The molecule has 1 aliphatic carbocycles. The molecule has 0 atom stereocenters. The monoisotopic (exact) mass is 456 g/mol.